The summed E-state index contributed by atoms with van der Waals surface area (Å²) in [7, 11) is 0. The van der Waals surface area contributed by atoms with Gasteiger partial charge in [0.1, 0.15) is 5.03 Å². The molecule has 2 heterocycles. The van der Waals surface area contributed by atoms with E-state index in [1.807, 2.05) is 20.8 Å². The summed E-state index contributed by atoms with van der Waals surface area (Å²) in [6.45, 7) is 5.69. The van der Waals surface area contributed by atoms with Crippen molar-refractivity contribution in [1.29, 1.82) is 0 Å². The Balaban J connectivity index is 2.36. The van der Waals surface area contributed by atoms with Gasteiger partial charge in [-0.1, -0.05) is 0 Å². The van der Waals surface area contributed by atoms with Crippen molar-refractivity contribution in [3.8, 4) is 0 Å². The molecule has 7 heteroatoms. The molecule has 0 saturated heterocycles. The Morgan fingerprint density at radius 1 is 1.47 bits per heavy atom. The Morgan fingerprint density at radius 3 is 2.79 bits per heavy atom. The Labute approximate surface area is 114 Å². The quantitative estimate of drug-likeness (QED) is 0.863. The molecular formula is C12H14N4O2S. The molecule has 6 nitrogen and oxygen atoms in total. The molecule has 2 aromatic rings. The summed E-state index contributed by atoms with van der Waals surface area (Å²) in [5.41, 5.74) is 1.17. The summed E-state index contributed by atoms with van der Waals surface area (Å²) in [6.07, 6.45) is 2.26. The molecule has 0 bridgehead atoms. The molecular weight excluding hydrogens is 264 g/mol. The van der Waals surface area contributed by atoms with E-state index in [0.29, 0.717) is 10.7 Å². The summed E-state index contributed by atoms with van der Waals surface area (Å²) in [6, 6.07) is 1.77. The zero-order valence-electron chi connectivity index (χ0n) is 10.9. The lowest BCUT2D eigenvalue weighted by Crippen LogP contribution is -2.19. The van der Waals surface area contributed by atoms with Crippen LogP contribution in [-0.4, -0.2) is 26.0 Å². The van der Waals surface area contributed by atoms with Crippen molar-refractivity contribution in [1.82, 2.24) is 19.7 Å². The van der Waals surface area contributed by atoms with Gasteiger partial charge in [-0.25, -0.2) is 14.9 Å². The summed E-state index contributed by atoms with van der Waals surface area (Å²) in [5.74, 6) is 0. The van der Waals surface area contributed by atoms with Crippen LogP contribution in [0.5, 0.6) is 0 Å². The molecule has 2 rings (SSSR count). The molecule has 0 aliphatic rings. The first-order valence-corrected chi connectivity index (χ1v) is 6.61. The smallest absolute Gasteiger partial charge is 0.298 e. The van der Waals surface area contributed by atoms with Crippen LogP contribution in [-0.2, 0) is 0 Å². The molecule has 0 aromatic carbocycles. The van der Waals surface area contributed by atoms with Crippen LogP contribution in [0.3, 0.4) is 0 Å². The second-order valence-corrected chi connectivity index (χ2v) is 5.34. The van der Waals surface area contributed by atoms with Crippen molar-refractivity contribution in [2.75, 3.05) is 0 Å². The average molecular weight is 278 g/mol. The van der Waals surface area contributed by atoms with Crippen LogP contribution in [0.2, 0.25) is 0 Å². The van der Waals surface area contributed by atoms with Gasteiger partial charge in [0.05, 0.1) is 0 Å². The predicted octanol–water partition coefficient (Wildman–Crippen LogP) is 1.82. The number of rotatable bonds is 4. The van der Waals surface area contributed by atoms with Crippen LogP contribution in [0.1, 0.15) is 35.8 Å². The number of hydrogen-bond donors (Lipinski definition) is 1. The molecule has 0 spiro atoms. The fourth-order valence-corrected chi connectivity index (χ4v) is 2.64. The summed E-state index contributed by atoms with van der Waals surface area (Å²) in [4.78, 5) is 26.5. The van der Waals surface area contributed by atoms with Gasteiger partial charge in [0, 0.05) is 17.8 Å². The van der Waals surface area contributed by atoms with Crippen molar-refractivity contribution in [2.45, 2.75) is 37.0 Å². The number of carbonyl (C=O) groups is 1. The van der Waals surface area contributed by atoms with Gasteiger partial charge in [-0.2, -0.15) is 0 Å². The van der Waals surface area contributed by atoms with Gasteiger partial charge in [-0.05, 0) is 44.2 Å². The first-order chi connectivity index (χ1) is 9.02. The van der Waals surface area contributed by atoms with E-state index in [0.717, 1.165) is 16.9 Å². The maximum Gasteiger partial charge on any atom is 0.344 e. The molecule has 0 amide bonds. The van der Waals surface area contributed by atoms with Gasteiger partial charge in [-0.15, -0.1) is 5.10 Å². The number of hydrogen-bond acceptors (Lipinski definition) is 5. The highest BCUT2D eigenvalue weighted by atomic mass is 32.2. The van der Waals surface area contributed by atoms with E-state index in [1.54, 1.807) is 10.6 Å². The van der Waals surface area contributed by atoms with E-state index in [4.69, 9.17) is 0 Å². The fourth-order valence-electron chi connectivity index (χ4n) is 1.66. The highest BCUT2D eigenvalue weighted by Gasteiger charge is 2.14. The minimum Gasteiger partial charge on any atom is -0.298 e. The molecule has 19 heavy (non-hydrogen) atoms. The monoisotopic (exact) mass is 278 g/mol. The van der Waals surface area contributed by atoms with Crippen LogP contribution in [0.4, 0.5) is 0 Å². The third-order valence-corrected chi connectivity index (χ3v) is 3.66. The highest BCUT2D eigenvalue weighted by molar-refractivity contribution is 7.99. The predicted molar refractivity (Wildman–Crippen MR) is 71.7 cm³/mol. The molecule has 0 radical (unpaired) electrons. The fraction of sp³-hybridized carbons (Fsp3) is 0.333. The molecule has 2 aromatic heterocycles. The summed E-state index contributed by atoms with van der Waals surface area (Å²) >= 11 is 1.30. The molecule has 0 unspecified atom stereocenters. The van der Waals surface area contributed by atoms with Gasteiger partial charge < -0.3 is 0 Å². The van der Waals surface area contributed by atoms with Gasteiger partial charge in [0.25, 0.3) is 0 Å². The number of aldehydes is 1. The van der Waals surface area contributed by atoms with Crippen molar-refractivity contribution in [2.24, 2.45) is 0 Å². The van der Waals surface area contributed by atoms with E-state index >= 15 is 0 Å². The number of aromatic amines is 1. The average Bonchev–Trinajstić information content (AvgIpc) is 2.73. The Bertz CT molecular complexity index is 660. The van der Waals surface area contributed by atoms with Crippen molar-refractivity contribution >= 4 is 18.0 Å². The van der Waals surface area contributed by atoms with Crippen LogP contribution >= 0.6 is 11.8 Å². The largest absolute Gasteiger partial charge is 0.344 e. The number of nitrogens with zero attached hydrogens (tertiary/aromatic N) is 3. The minimum atomic E-state index is -0.236. The Kier molecular flexibility index (Phi) is 3.84. The highest BCUT2D eigenvalue weighted by Crippen LogP contribution is 2.27. The molecule has 0 fully saturated rings. The lowest BCUT2D eigenvalue weighted by Gasteiger charge is -2.09. The Morgan fingerprint density at radius 2 is 2.21 bits per heavy atom. The number of H-pyrrole nitrogens is 1. The van der Waals surface area contributed by atoms with Crippen molar-refractivity contribution in [3.05, 3.63) is 33.9 Å². The topological polar surface area (TPSA) is 80.6 Å². The third kappa shape index (κ3) is 2.76. The maximum atomic E-state index is 11.6. The van der Waals surface area contributed by atoms with Gasteiger partial charge in [0.15, 0.2) is 11.4 Å². The second-order valence-electron chi connectivity index (χ2n) is 4.39. The van der Waals surface area contributed by atoms with Crippen LogP contribution < -0.4 is 5.69 Å². The van der Waals surface area contributed by atoms with Crippen molar-refractivity contribution < 1.29 is 4.79 Å². The second kappa shape index (κ2) is 5.40. The normalized spacial score (nSPS) is 10.9. The first kappa shape index (κ1) is 13.5. The van der Waals surface area contributed by atoms with Gasteiger partial charge in [-0.3, -0.25) is 9.36 Å². The minimum absolute atomic E-state index is 0.0169. The molecule has 0 aliphatic heterocycles. The van der Waals surface area contributed by atoms with E-state index in [1.165, 1.54) is 18.0 Å². The zero-order valence-corrected chi connectivity index (χ0v) is 11.7. The number of aromatic nitrogens is 4. The van der Waals surface area contributed by atoms with Crippen LogP contribution in [0.15, 0.2) is 27.2 Å². The molecule has 1 N–H and O–H groups in total. The van der Waals surface area contributed by atoms with Gasteiger partial charge >= 0.3 is 5.69 Å². The van der Waals surface area contributed by atoms with E-state index in [-0.39, 0.29) is 11.7 Å². The number of nitrogens with one attached hydrogen (secondary N) is 1. The maximum absolute atomic E-state index is 11.6. The van der Waals surface area contributed by atoms with Crippen molar-refractivity contribution in [3.63, 3.8) is 0 Å². The third-order valence-electron chi connectivity index (χ3n) is 2.56. The van der Waals surface area contributed by atoms with Crippen LogP contribution in [0, 0.1) is 6.92 Å². The Hall–Kier alpha value is -1.89. The lowest BCUT2D eigenvalue weighted by atomic mass is 10.2. The van der Waals surface area contributed by atoms with E-state index < -0.39 is 0 Å². The molecule has 0 saturated carbocycles. The number of aryl methyl sites for hydroxylation is 1. The summed E-state index contributed by atoms with van der Waals surface area (Å²) < 4.78 is 1.57. The molecule has 0 aliphatic carbocycles. The van der Waals surface area contributed by atoms with Crippen LogP contribution in [0.25, 0.3) is 0 Å². The number of pyridine rings is 1. The molecule has 100 valence electrons. The first-order valence-electron chi connectivity index (χ1n) is 5.79. The van der Waals surface area contributed by atoms with E-state index in [2.05, 4.69) is 15.2 Å². The van der Waals surface area contributed by atoms with Gasteiger partial charge in [0.2, 0.25) is 0 Å². The standard InChI is InChI=1S/C12H14N4O2S/c1-7(2)16-11(18)14-15-12(16)19-10-8(3)4-9(6-17)5-13-10/h4-7H,1-3H3,(H,14,18). The SMILES string of the molecule is Cc1cc(C=O)cnc1Sc1n[nH]c(=O)n1C(C)C. The number of carbonyl (C=O) groups excluding carboxylic acids is 1. The zero-order chi connectivity index (χ0) is 14.0. The van der Waals surface area contributed by atoms with E-state index in [9.17, 15) is 9.59 Å². The summed E-state index contributed by atoms with van der Waals surface area (Å²) in [5, 5.41) is 7.72. The molecule has 0 atom stereocenters. The lowest BCUT2D eigenvalue weighted by molar-refractivity contribution is 0.112.